The van der Waals surface area contributed by atoms with Crippen LogP contribution < -0.4 is 0 Å². The van der Waals surface area contributed by atoms with Crippen LogP contribution in [0.5, 0.6) is 0 Å². The molecule has 26 heavy (non-hydrogen) atoms. The Kier molecular flexibility index (Phi) is 5.43. The largest absolute Gasteiger partial charge is 0.465 e. The zero-order chi connectivity index (χ0) is 17.9. The van der Waals surface area contributed by atoms with E-state index in [1.54, 1.807) is 7.11 Å². The zero-order valence-electron chi connectivity index (χ0n) is 15.8. The lowest BCUT2D eigenvalue weighted by atomic mass is 9.95. The Morgan fingerprint density at radius 1 is 1.27 bits per heavy atom. The Bertz CT molecular complexity index is 718. The summed E-state index contributed by atoms with van der Waals surface area (Å²) in [4.78, 5) is 2.44. The molecule has 0 aliphatic carbocycles. The number of hydrogen-bond acceptors (Lipinski definition) is 5. The second-order valence-corrected chi connectivity index (χ2v) is 7.63. The summed E-state index contributed by atoms with van der Waals surface area (Å²) in [6.45, 7) is 8.20. The van der Waals surface area contributed by atoms with Crippen molar-refractivity contribution in [2.75, 3.05) is 33.5 Å². The van der Waals surface area contributed by atoms with E-state index in [2.05, 4.69) is 21.8 Å². The van der Waals surface area contributed by atoms with Crippen molar-refractivity contribution in [1.29, 1.82) is 0 Å². The number of fused-ring (bicyclic) bond motifs is 1. The summed E-state index contributed by atoms with van der Waals surface area (Å²) in [7, 11) is 1.79. The van der Waals surface area contributed by atoms with Crippen LogP contribution in [0.2, 0.25) is 0 Å². The lowest BCUT2D eigenvalue weighted by Gasteiger charge is -2.33. The van der Waals surface area contributed by atoms with Crippen LogP contribution in [0.15, 0.2) is 22.7 Å². The van der Waals surface area contributed by atoms with Gasteiger partial charge in [-0.2, -0.15) is 5.10 Å². The third-order valence-electron chi connectivity index (χ3n) is 5.53. The van der Waals surface area contributed by atoms with Crippen LogP contribution in [0.3, 0.4) is 0 Å². The molecule has 0 N–H and O–H groups in total. The first-order valence-electron chi connectivity index (χ1n) is 9.62. The molecule has 0 saturated carbocycles. The number of rotatable bonds is 6. The molecular formula is C20H29N3O3. The minimum absolute atomic E-state index is 0.349. The van der Waals surface area contributed by atoms with Gasteiger partial charge in [0.15, 0.2) is 0 Å². The Labute approximate surface area is 155 Å². The molecular weight excluding hydrogens is 330 g/mol. The van der Waals surface area contributed by atoms with Gasteiger partial charge in [0, 0.05) is 57.1 Å². The normalized spacial score (nSPS) is 21.8. The van der Waals surface area contributed by atoms with Crippen LogP contribution in [0.4, 0.5) is 0 Å². The molecule has 1 unspecified atom stereocenters. The van der Waals surface area contributed by atoms with Gasteiger partial charge in [0.2, 0.25) is 0 Å². The molecule has 0 bridgehead atoms. The van der Waals surface area contributed by atoms with Gasteiger partial charge >= 0.3 is 0 Å². The summed E-state index contributed by atoms with van der Waals surface area (Å²) < 4.78 is 19.1. The number of methoxy groups -OCH3 is 1. The summed E-state index contributed by atoms with van der Waals surface area (Å²) in [5.74, 6) is 3.01. The van der Waals surface area contributed by atoms with E-state index < -0.39 is 0 Å². The Morgan fingerprint density at radius 2 is 2.12 bits per heavy atom. The molecule has 2 aromatic rings. The van der Waals surface area contributed by atoms with Gasteiger partial charge in [-0.05, 0) is 37.8 Å². The molecule has 2 aromatic heterocycles. The molecule has 4 rings (SSSR count). The smallest absolute Gasteiger partial charge is 0.118 e. The van der Waals surface area contributed by atoms with Crippen LogP contribution in [-0.2, 0) is 29.1 Å². The predicted octanol–water partition coefficient (Wildman–Crippen LogP) is 2.96. The van der Waals surface area contributed by atoms with Gasteiger partial charge in [0.25, 0.3) is 0 Å². The van der Waals surface area contributed by atoms with E-state index in [1.165, 1.54) is 11.3 Å². The van der Waals surface area contributed by atoms with Gasteiger partial charge in [-0.1, -0.05) is 0 Å². The summed E-state index contributed by atoms with van der Waals surface area (Å²) in [5.41, 5.74) is 2.69. The van der Waals surface area contributed by atoms with Crippen molar-refractivity contribution in [3.05, 3.63) is 41.1 Å². The standard InChI is InChI=1S/C20H29N3O3/c1-15-3-4-19(26-15)13-22-11-17-9-21-23(10-16-5-7-25-8-6-16)20(17)18(12-22)14-24-2/h3-4,9,16,18H,5-8,10-14H2,1-2H3. The zero-order valence-corrected chi connectivity index (χ0v) is 15.8. The molecule has 1 saturated heterocycles. The SMILES string of the molecule is COCC1CN(Cc2ccc(C)o2)Cc2cnn(CC3CCOCC3)c21. The van der Waals surface area contributed by atoms with Gasteiger partial charge in [-0.3, -0.25) is 9.58 Å². The van der Waals surface area contributed by atoms with Crippen LogP contribution in [0.25, 0.3) is 0 Å². The van der Waals surface area contributed by atoms with Gasteiger partial charge in [-0.15, -0.1) is 0 Å². The maximum atomic E-state index is 5.77. The van der Waals surface area contributed by atoms with E-state index in [4.69, 9.17) is 19.0 Å². The monoisotopic (exact) mass is 359 g/mol. The number of aromatic nitrogens is 2. The highest BCUT2D eigenvalue weighted by molar-refractivity contribution is 5.26. The highest BCUT2D eigenvalue weighted by atomic mass is 16.5. The lowest BCUT2D eigenvalue weighted by molar-refractivity contribution is 0.0590. The van der Waals surface area contributed by atoms with Gasteiger partial charge in [-0.25, -0.2) is 0 Å². The highest BCUT2D eigenvalue weighted by Gasteiger charge is 2.30. The fraction of sp³-hybridized carbons (Fsp3) is 0.650. The average molecular weight is 359 g/mol. The average Bonchev–Trinajstić information content (AvgIpc) is 3.23. The molecule has 2 aliphatic rings. The van der Waals surface area contributed by atoms with E-state index in [9.17, 15) is 0 Å². The van der Waals surface area contributed by atoms with E-state index in [0.717, 1.165) is 70.4 Å². The van der Waals surface area contributed by atoms with E-state index in [1.807, 2.05) is 13.0 Å². The van der Waals surface area contributed by atoms with Crippen molar-refractivity contribution >= 4 is 0 Å². The highest BCUT2D eigenvalue weighted by Crippen LogP contribution is 2.31. The van der Waals surface area contributed by atoms with Crippen molar-refractivity contribution < 1.29 is 13.9 Å². The molecule has 142 valence electrons. The molecule has 1 atom stereocenters. The van der Waals surface area contributed by atoms with Crippen molar-refractivity contribution in [1.82, 2.24) is 14.7 Å². The molecule has 0 aromatic carbocycles. The van der Waals surface area contributed by atoms with Crippen molar-refractivity contribution in [3.8, 4) is 0 Å². The Balaban J connectivity index is 1.50. The fourth-order valence-corrected chi connectivity index (χ4v) is 4.29. The summed E-state index contributed by atoms with van der Waals surface area (Å²) in [6, 6.07) is 4.11. The summed E-state index contributed by atoms with van der Waals surface area (Å²) in [6.07, 6.45) is 4.32. The predicted molar refractivity (Wildman–Crippen MR) is 97.9 cm³/mol. The lowest BCUT2D eigenvalue weighted by Crippen LogP contribution is -2.36. The van der Waals surface area contributed by atoms with Crippen LogP contribution in [0, 0.1) is 12.8 Å². The van der Waals surface area contributed by atoms with E-state index >= 15 is 0 Å². The molecule has 2 aliphatic heterocycles. The van der Waals surface area contributed by atoms with Gasteiger partial charge in [0.05, 0.1) is 19.3 Å². The first-order valence-corrected chi connectivity index (χ1v) is 9.62. The maximum Gasteiger partial charge on any atom is 0.118 e. The second-order valence-electron chi connectivity index (χ2n) is 7.63. The molecule has 4 heterocycles. The maximum absolute atomic E-state index is 5.77. The summed E-state index contributed by atoms with van der Waals surface area (Å²) >= 11 is 0. The number of hydrogen-bond donors (Lipinski definition) is 0. The number of aryl methyl sites for hydroxylation is 1. The third-order valence-corrected chi connectivity index (χ3v) is 5.53. The van der Waals surface area contributed by atoms with Gasteiger partial charge < -0.3 is 13.9 Å². The molecule has 0 amide bonds. The molecule has 6 heteroatoms. The molecule has 1 fully saturated rings. The first-order chi connectivity index (χ1) is 12.7. The summed E-state index contributed by atoms with van der Waals surface area (Å²) in [5, 5.41) is 4.74. The van der Waals surface area contributed by atoms with Gasteiger partial charge in [0.1, 0.15) is 11.5 Å². The molecule has 0 spiro atoms. The Morgan fingerprint density at radius 3 is 2.85 bits per heavy atom. The first kappa shape index (κ1) is 17.8. The second kappa shape index (κ2) is 7.94. The Hall–Kier alpha value is -1.63. The number of ether oxygens (including phenoxy) is 2. The van der Waals surface area contributed by atoms with Crippen molar-refractivity contribution in [2.45, 2.75) is 45.3 Å². The topological polar surface area (TPSA) is 52.7 Å². The third kappa shape index (κ3) is 3.87. The van der Waals surface area contributed by atoms with E-state index in [0.29, 0.717) is 11.8 Å². The minimum Gasteiger partial charge on any atom is -0.465 e. The quantitative estimate of drug-likeness (QED) is 0.794. The minimum atomic E-state index is 0.349. The van der Waals surface area contributed by atoms with Crippen LogP contribution in [0.1, 0.15) is 41.5 Å². The van der Waals surface area contributed by atoms with Crippen molar-refractivity contribution in [3.63, 3.8) is 0 Å². The van der Waals surface area contributed by atoms with E-state index in [-0.39, 0.29) is 0 Å². The van der Waals surface area contributed by atoms with Crippen LogP contribution in [-0.4, -0.2) is 48.2 Å². The fourth-order valence-electron chi connectivity index (χ4n) is 4.29. The molecule has 6 nitrogen and oxygen atoms in total. The number of nitrogens with zero attached hydrogens (tertiary/aromatic N) is 3. The number of furan rings is 1. The van der Waals surface area contributed by atoms with Crippen LogP contribution >= 0.6 is 0 Å². The van der Waals surface area contributed by atoms with Crippen molar-refractivity contribution in [2.24, 2.45) is 5.92 Å². The molecule has 0 radical (unpaired) electrons.